The fourth-order valence-electron chi connectivity index (χ4n) is 2.17. The molecule has 1 N–H and O–H groups in total. The monoisotopic (exact) mass is 258 g/mol. The van der Waals surface area contributed by atoms with Gasteiger partial charge < -0.3 is 10.1 Å². The first-order chi connectivity index (χ1) is 8.22. The molecule has 0 aliphatic carbocycles. The molecule has 2 heterocycles. The Balaban J connectivity index is 1.89. The summed E-state index contributed by atoms with van der Waals surface area (Å²) in [6.07, 6.45) is 4.68. The Bertz CT molecular complexity index is 305. The van der Waals surface area contributed by atoms with Gasteiger partial charge in [-0.15, -0.1) is 0 Å². The van der Waals surface area contributed by atoms with Gasteiger partial charge >= 0.3 is 6.03 Å². The minimum Gasteiger partial charge on any atom is -0.376 e. The summed E-state index contributed by atoms with van der Waals surface area (Å²) in [6, 6.07) is -0.604. The van der Waals surface area contributed by atoms with Crippen LogP contribution >= 0.6 is 11.8 Å². The molecular formula is C11H18N2O3S. The van der Waals surface area contributed by atoms with Crippen LogP contribution in [-0.2, 0) is 9.53 Å². The third kappa shape index (κ3) is 2.93. The quantitative estimate of drug-likeness (QED) is 0.742. The van der Waals surface area contributed by atoms with Crippen LogP contribution in [0.4, 0.5) is 4.79 Å². The molecule has 2 aliphatic heterocycles. The van der Waals surface area contributed by atoms with Gasteiger partial charge in [0.05, 0.1) is 12.6 Å². The Kier molecular flexibility index (Phi) is 4.28. The van der Waals surface area contributed by atoms with Gasteiger partial charge in [-0.3, -0.25) is 9.69 Å². The second kappa shape index (κ2) is 5.73. The molecule has 2 saturated heterocycles. The highest BCUT2D eigenvalue weighted by molar-refractivity contribution is 7.98. The average molecular weight is 258 g/mol. The number of thioether (sulfide) groups is 1. The average Bonchev–Trinajstić information content (AvgIpc) is 2.90. The Morgan fingerprint density at radius 2 is 2.35 bits per heavy atom. The molecule has 0 aromatic rings. The number of carbonyl (C=O) groups is 2. The highest BCUT2D eigenvalue weighted by Crippen LogP contribution is 2.17. The smallest absolute Gasteiger partial charge is 0.324 e. The van der Waals surface area contributed by atoms with Crippen LogP contribution in [0.5, 0.6) is 0 Å². The van der Waals surface area contributed by atoms with Crippen molar-refractivity contribution >= 4 is 23.7 Å². The molecular weight excluding hydrogens is 240 g/mol. The number of hydrogen-bond donors (Lipinski definition) is 1. The van der Waals surface area contributed by atoms with Crippen LogP contribution in [0.25, 0.3) is 0 Å². The predicted molar refractivity (Wildman–Crippen MR) is 66.0 cm³/mol. The van der Waals surface area contributed by atoms with Crippen molar-refractivity contribution < 1.29 is 14.3 Å². The zero-order valence-electron chi connectivity index (χ0n) is 9.98. The molecule has 6 heteroatoms. The summed E-state index contributed by atoms with van der Waals surface area (Å²) in [5.41, 5.74) is 0. The van der Waals surface area contributed by atoms with E-state index in [4.69, 9.17) is 4.74 Å². The van der Waals surface area contributed by atoms with Crippen molar-refractivity contribution in [3.63, 3.8) is 0 Å². The predicted octanol–water partition coefficient (Wildman–Crippen LogP) is 0.839. The number of amides is 3. The molecule has 0 radical (unpaired) electrons. The van der Waals surface area contributed by atoms with Crippen molar-refractivity contribution in [1.82, 2.24) is 10.2 Å². The number of carbonyl (C=O) groups excluding carboxylic acids is 2. The molecule has 0 saturated carbocycles. The van der Waals surface area contributed by atoms with Crippen LogP contribution in [0.15, 0.2) is 0 Å². The van der Waals surface area contributed by atoms with E-state index in [-0.39, 0.29) is 24.1 Å². The van der Waals surface area contributed by atoms with Crippen LogP contribution in [0.1, 0.15) is 19.3 Å². The van der Waals surface area contributed by atoms with Gasteiger partial charge in [0, 0.05) is 6.61 Å². The summed E-state index contributed by atoms with van der Waals surface area (Å²) in [4.78, 5) is 25.0. The summed E-state index contributed by atoms with van der Waals surface area (Å²) >= 11 is 1.68. The summed E-state index contributed by atoms with van der Waals surface area (Å²) in [6.45, 7) is 1.14. The Hall–Kier alpha value is -0.750. The molecule has 3 amide bonds. The lowest BCUT2D eigenvalue weighted by molar-refractivity contribution is -0.128. The number of nitrogens with one attached hydrogen (secondary N) is 1. The standard InChI is InChI=1S/C11H18N2O3S/c1-17-6-4-9-10(14)13(11(15)12-9)7-8-3-2-5-16-8/h8-9H,2-7H2,1H3,(H,12,15). The number of nitrogens with zero attached hydrogens (tertiary/aromatic N) is 1. The molecule has 2 unspecified atom stereocenters. The van der Waals surface area contributed by atoms with E-state index in [0.29, 0.717) is 13.0 Å². The van der Waals surface area contributed by atoms with E-state index in [2.05, 4.69) is 5.32 Å². The summed E-state index contributed by atoms with van der Waals surface area (Å²) in [5, 5.41) is 2.73. The fraction of sp³-hybridized carbons (Fsp3) is 0.818. The van der Waals surface area contributed by atoms with Gasteiger partial charge in [0.1, 0.15) is 6.04 Å². The summed E-state index contributed by atoms with van der Waals surface area (Å²) in [7, 11) is 0. The van der Waals surface area contributed by atoms with E-state index in [0.717, 1.165) is 25.2 Å². The molecule has 5 nitrogen and oxygen atoms in total. The second-order valence-electron chi connectivity index (χ2n) is 4.37. The van der Waals surface area contributed by atoms with Gasteiger partial charge in [-0.25, -0.2) is 4.79 Å². The van der Waals surface area contributed by atoms with Gasteiger partial charge in [0.2, 0.25) is 0 Å². The molecule has 0 aromatic carbocycles. The van der Waals surface area contributed by atoms with Crippen molar-refractivity contribution in [2.45, 2.75) is 31.4 Å². The maximum Gasteiger partial charge on any atom is 0.324 e. The van der Waals surface area contributed by atoms with Crippen LogP contribution in [-0.4, -0.2) is 54.1 Å². The first kappa shape index (κ1) is 12.7. The number of ether oxygens (including phenoxy) is 1. The van der Waals surface area contributed by atoms with Crippen molar-refractivity contribution in [1.29, 1.82) is 0 Å². The fourth-order valence-corrected chi connectivity index (χ4v) is 2.64. The van der Waals surface area contributed by atoms with E-state index in [1.54, 1.807) is 11.8 Å². The lowest BCUT2D eigenvalue weighted by atomic mass is 10.2. The zero-order chi connectivity index (χ0) is 12.3. The Morgan fingerprint density at radius 3 is 3.00 bits per heavy atom. The molecule has 17 heavy (non-hydrogen) atoms. The SMILES string of the molecule is CSCCC1NC(=O)N(CC2CCCO2)C1=O. The molecule has 96 valence electrons. The van der Waals surface area contributed by atoms with Gasteiger partial charge in [0.15, 0.2) is 0 Å². The first-order valence-electron chi connectivity index (χ1n) is 5.95. The molecule has 0 spiro atoms. The Labute approximate surface area is 105 Å². The van der Waals surface area contributed by atoms with E-state index < -0.39 is 0 Å². The van der Waals surface area contributed by atoms with E-state index in [1.165, 1.54) is 4.90 Å². The van der Waals surface area contributed by atoms with Crippen LogP contribution < -0.4 is 5.32 Å². The molecule has 0 bridgehead atoms. The minimum absolute atomic E-state index is 0.0315. The molecule has 2 fully saturated rings. The molecule has 0 aromatic heterocycles. The first-order valence-corrected chi connectivity index (χ1v) is 7.34. The topological polar surface area (TPSA) is 58.6 Å². The highest BCUT2D eigenvalue weighted by atomic mass is 32.2. The normalized spacial score (nSPS) is 28.9. The van der Waals surface area contributed by atoms with Crippen LogP contribution in [0, 0.1) is 0 Å². The van der Waals surface area contributed by atoms with E-state index in [9.17, 15) is 9.59 Å². The van der Waals surface area contributed by atoms with Crippen molar-refractivity contribution in [2.75, 3.05) is 25.2 Å². The number of imide groups is 1. The lowest BCUT2D eigenvalue weighted by Crippen LogP contribution is -2.37. The molecule has 2 atom stereocenters. The van der Waals surface area contributed by atoms with Gasteiger partial charge in [-0.05, 0) is 31.3 Å². The van der Waals surface area contributed by atoms with Gasteiger partial charge in [-0.2, -0.15) is 11.8 Å². The third-order valence-electron chi connectivity index (χ3n) is 3.13. The summed E-state index contributed by atoms with van der Waals surface area (Å²) < 4.78 is 5.45. The van der Waals surface area contributed by atoms with Gasteiger partial charge in [-0.1, -0.05) is 0 Å². The van der Waals surface area contributed by atoms with Gasteiger partial charge in [0.25, 0.3) is 5.91 Å². The maximum atomic E-state index is 12.0. The molecule has 2 rings (SSSR count). The Morgan fingerprint density at radius 1 is 1.53 bits per heavy atom. The lowest BCUT2D eigenvalue weighted by Gasteiger charge is -2.17. The largest absolute Gasteiger partial charge is 0.376 e. The maximum absolute atomic E-state index is 12.0. The molecule has 2 aliphatic rings. The summed E-state index contributed by atoms with van der Waals surface area (Å²) in [5.74, 6) is 0.782. The van der Waals surface area contributed by atoms with Crippen molar-refractivity contribution in [2.24, 2.45) is 0 Å². The highest BCUT2D eigenvalue weighted by Gasteiger charge is 2.39. The number of hydrogen-bond acceptors (Lipinski definition) is 4. The van der Waals surface area contributed by atoms with Crippen LogP contribution in [0.3, 0.4) is 0 Å². The van der Waals surface area contributed by atoms with Crippen LogP contribution in [0.2, 0.25) is 0 Å². The zero-order valence-corrected chi connectivity index (χ0v) is 10.8. The number of rotatable bonds is 5. The third-order valence-corrected chi connectivity index (χ3v) is 3.77. The van der Waals surface area contributed by atoms with Crippen molar-refractivity contribution in [3.8, 4) is 0 Å². The van der Waals surface area contributed by atoms with E-state index in [1.807, 2.05) is 6.26 Å². The van der Waals surface area contributed by atoms with E-state index >= 15 is 0 Å². The minimum atomic E-state index is -0.337. The number of urea groups is 1. The second-order valence-corrected chi connectivity index (χ2v) is 5.35. The van der Waals surface area contributed by atoms with Crippen molar-refractivity contribution in [3.05, 3.63) is 0 Å².